The van der Waals surface area contributed by atoms with Gasteiger partial charge in [0.25, 0.3) is 11.1 Å². The molecular formula is C21H16FN3O4S2. The number of imide groups is 1. The highest BCUT2D eigenvalue weighted by Crippen LogP contribution is 2.32. The predicted octanol–water partition coefficient (Wildman–Crippen LogP) is 3.94. The summed E-state index contributed by atoms with van der Waals surface area (Å²) >= 11 is 2.13. The lowest BCUT2D eigenvalue weighted by Gasteiger charge is -2.12. The maximum atomic E-state index is 13.8. The van der Waals surface area contributed by atoms with Crippen LogP contribution in [0, 0.1) is 5.82 Å². The fourth-order valence-electron chi connectivity index (χ4n) is 2.86. The Morgan fingerprint density at radius 1 is 1.23 bits per heavy atom. The molecule has 1 aliphatic heterocycles. The highest BCUT2D eigenvalue weighted by molar-refractivity contribution is 8.18. The van der Waals surface area contributed by atoms with E-state index in [1.165, 1.54) is 29.5 Å². The Morgan fingerprint density at radius 3 is 2.84 bits per heavy atom. The Kier molecular flexibility index (Phi) is 6.28. The van der Waals surface area contributed by atoms with E-state index in [1.54, 1.807) is 35.9 Å². The van der Waals surface area contributed by atoms with Crippen molar-refractivity contribution in [3.63, 3.8) is 0 Å². The lowest BCUT2D eigenvalue weighted by Crippen LogP contribution is -2.37. The summed E-state index contributed by atoms with van der Waals surface area (Å²) in [6.07, 6.45) is 2.99. The minimum atomic E-state index is -0.505. The number of benzene rings is 1. The van der Waals surface area contributed by atoms with Crippen molar-refractivity contribution in [1.82, 2.24) is 15.2 Å². The number of nitrogens with one attached hydrogen (secondary N) is 1. The molecular weight excluding hydrogens is 441 g/mol. The Hall–Kier alpha value is -3.24. The standard InChI is InChI=1S/C21H16FN3O4S2/c22-15-5-2-1-4-13(15)10-17-20(27)25(21(28)31-17)8-7-23-18(26)11-14-12-30-19(24-14)16-6-3-9-29-16/h1-6,9-10,12H,7-8,11H2,(H,23,26)/b17-10-. The molecule has 0 atom stereocenters. The van der Waals surface area contributed by atoms with Crippen LogP contribution in [0.4, 0.5) is 9.18 Å². The molecule has 158 valence electrons. The molecule has 3 aromatic rings. The monoisotopic (exact) mass is 457 g/mol. The number of thioether (sulfide) groups is 1. The van der Waals surface area contributed by atoms with Gasteiger partial charge in [-0.25, -0.2) is 9.37 Å². The maximum absolute atomic E-state index is 13.8. The average Bonchev–Trinajstić information content (AvgIpc) is 3.48. The van der Waals surface area contributed by atoms with Crippen LogP contribution in [0.1, 0.15) is 11.3 Å². The van der Waals surface area contributed by atoms with Crippen LogP contribution in [0.5, 0.6) is 0 Å². The van der Waals surface area contributed by atoms with E-state index >= 15 is 0 Å². The molecule has 0 saturated carbocycles. The van der Waals surface area contributed by atoms with Crippen LogP contribution >= 0.6 is 23.1 Å². The minimum Gasteiger partial charge on any atom is -0.462 e. The van der Waals surface area contributed by atoms with Gasteiger partial charge in [-0.2, -0.15) is 0 Å². The number of furan rings is 1. The first kappa shape index (κ1) is 21.0. The van der Waals surface area contributed by atoms with Gasteiger partial charge in [0, 0.05) is 24.0 Å². The van der Waals surface area contributed by atoms with Gasteiger partial charge in [-0.15, -0.1) is 11.3 Å². The summed E-state index contributed by atoms with van der Waals surface area (Å²) in [6, 6.07) is 9.56. The SMILES string of the molecule is O=C(Cc1csc(-c2ccco2)n1)NCCN1C(=O)S/C(=C\c2ccccc2F)C1=O. The van der Waals surface area contributed by atoms with E-state index in [4.69, 9.17) is 4.42 Å². The summed E-state index contributed by atoms with van der Waals surface area (Å²) in [5.74, 6) is -0.612. The number of aromatic nitrogens is 1. The van der Waals surface area contributed by atoms with Gasteiger partial charge in [0.1, 0.15) is 5.82 Å². The normalized spacial score (nSPS) is 15.1. The number of thiazole rings is 1. The second kappa shape index (κ2) is 9.27. The fourth-order valence-corrected chi connectivity index (χ4v) is 4.50. The van der Waals surface area contributed by atoms with Crippen molar-refractivity contribution < 1.29 is 23.2 Å². The summed E-state index contributed by atoms with van der Waals surface area (Å²) < 4.78 is 19.1. The molecule has 3 amide bonds. The van der Waals surface area contributed by atoms with Crippen molar-refractivity contribution in [2.75, 3.05) is 13.1 Å². The zero-order chi connectivity index (χ0) is 21.8. The van der Waals surface area contributed by atoms with Gasteiger partial charge in [-0.3, -0.25) is 19.3 Å². The smallest absolute Gasteiger partial charge is 0.293 e. The van der Waals surface area contributed by atoms with Crippen LogP contribution in [0.2, 0.25) is 0 Å². The first-order chi connectivity index (χ1) is 15.0. The molecule has 1 aliphatic rings. The molecule has 4 rings (SSSR count). The number of halogens is 1. The topological polar surface area (TPSA) is 92.5 Å². The molecule has 7 nitrogen and oxygen atoms in total. The number of hydrogen-bond acceptors (Lipinski definition) is 7. The van der Waals surface area contributed by atoms with E-state index in [9.17, 15) is 18.8 Å². The highest BCUT2D eigenvalue weighted by Gasteiger charge is 2.34. The molecule has 0 spiro atoms. The molecule has 10 heteroatoms. The summed E-state index contributed by atoms with van der Waals surface area (Å²) in [5, 5.41) is 4.70. The molecule has 2 aromatic heterocycles. The molecule has 0 unspecified atom stereocenters. The van der Waals surface area contributed by atoms with Crippen LogP contribution in [-0.2, 0) is 16.0 Å². The number of carbonyl (C=O) groups is 3. The first-order valence-electron chi connectivity index (χ1n) is 9.26. The van der Waals surface area contributed by atoms with Crippen molar-refractivity contribution >= 4 is 46.2 Å². The number of rotatable bonds is 7. The third-order valence-corrected chi connectivity index (χ3v) is 6.16. The van der Waals surface area contributed by atoms with Gasteiger partial charge in [0.05, 0.1) is 23.3 Å². The summed E-state index contributed by atoms with van der Waals surface area (Å²) in [4.78, 5) is 42.4. The quantitative estimate of drug-likeness (QED) is 0.541. The lowest BCUT2D eigenvalue weighted by molar-refractivity contribution is -0.124. The zero-order valence-corrected chi connectivity index (χ0v) is 17.7. The van der Waals surface area contributed by atoms with E-state index in [0.717, 1.165) is 16.7 Å². The average molecular weight is 458 g/mol. The van der Waals surface area contributed by atoms with Crippen LogP contribution < -0.4 is 5.32 Å². The van der Waals surface area contributed by atoms with Gasteiger partial charge in [-0.05, 0) is 36.0 Å². The molecule has 1 N–H and O–H groups in total. The Bertz CT molecular complexity index is 1160. The van der Waals surface area contributed by atoms with Crippen molar-refractivity contribution in [1.29, 1.82) is 0 Å². The number of nitrogens with zero attached hydrogens (tertiary/aromatic N) is 2. The van der Waals surface area contributed by atoms with Gasteiger partial charge >= 0.3 is 0 Å². The van der Waals surface area contributed by atoms with Crippen LogP contribution in [0.15, 0.2) is 57.4 Å². The second-order valence-corrected chi connectivity index (χ2v) is 8.35. The number of hydrogen-bond donors (Lipinski definition) is 1. The molecule has 0 bridgehead atoms. The van der Waals surface area contributed by atoms with Crippen molar-refractivity contribution in [2.24, 2.45) is 0 Å². The minimum absolute atomic E-state index is 0.0275. The second-order valence-electron chi connectivity index (χ2n) is 6.50. The molecule has 1 aromatic carbocycles. The highest BCUT2D eigenvalue weighted by atomic mass is 32.2. The molecule has 0 aliphatic carbocycles. The third kappa shape index (κ3) is 4.92. The summed E-state index contributed by atoms with van der Waals surface area (Å²) in [5.41, 5.74) is 0.839. The van der Waals surface area contributed by atoms with E-state index < -0.39 is 17.0 Å². The van der Waals surface area contributed by atoms with Crippen molar-refractivity contribution in [3.8, 4) is 10.8 Å². The van der Waals surface area contributed by atoms with Crippen LogP contribution in [-0.4, -0.2) is 40.0 Å². The van der Waals surface area contributed by atoms with E-state index in [0.29, 0.717) is 16.5 Å². The summed E-state index contributed by atoms with van der Waals surface area (Å²) in [7, 11) is 0. The third-order valence-electron chi connectivity index (χ3n) is 4.35. The lowest BCUT2D eigenvalue weighted by atomic mass is 10.2. The maximum Gasteiger partial charge on any atom is 0.293 e. The van der Waals surface area contributed by atoms with Gasteiger partial charge in [-0.1, -0.05) is 18.2 Å². The van der Waals surface area contributed by atoms with Gasteiger partial charge in [0.2, 0.25) is 5.91 Å². The largest absolute Gasteiger partial charge is 0.462 e. The molecule has 0 radical (unpaired) electrons. The Balaban J connectivity index is 1.29. The Morgan fingerprint density at radius 2 is 2.06 bits per heavy atom. The zero-order valence-electron chi connectivity index (χ0n) is 16.0. The number of amides is 3. The molecule has 1 fully saturated rings. The molecule has 3 heterocycles. The van der Waals surface area contributed by atoms with Crippen LogP contribution in [0.3, 0.4) is 0 Å². The van der Waals surface area contributed by atoms with E-state index in [-0.39, 0.29) is 35.9 Å². The molecule has 31 heavy (non-hydrogen) atoms. The van der Waals surface area contributed by atoms with Crippen molar-refractivity contribution in [2.45, 2.75) is 6.42 Å². The Labute approximate surface area is 185 Å². The van der Waals surface area contributed by atoms with E-state index in [1.807, 2.05) is 0 Å². The fraction of sp³-hybridized carbons (Fsp3) is 0.143. The van der Waals surface area contributed by atoms with Crippen molar-refractivity contribution in [3.05, 3.63) is 70.0 Å². The number of carbonyl (C=O) groups excluding carboxylic acids is 3. The molecule has 1 saturated heterocycles. The summed E-state index contributed by atoms with van der Waals surface area (Å²) in [6.45, 7) is 0.138. The van der Waals surface area contributed by atoms with E-state index in [2.05, 4.69) is 10.3 Å². The van der Waals surface area contributed by atoms with Gasteiger partial charge < -0.3 is 9.73 Å². The first-order valence-corrected chi connectivity index (χ1v) is 11.0. The van der Waals surface area contributed by atoms with Crippen LogP contribution in [0.25, 0.3) is 16.8 Å². The van der Waals surface area contributed by atoms with Gasteiger partial charge in [0.15, 0.2) is 10.8 Å². The predicted molar refractivity (Wildman–Crippen MR) is 116 cm³/mol.